The highest BCUT2D eigenvalue weighted by molar-refractivity contribution is 6.34. The average molecular weight is 371 g/mol. The van der Waals surface area contributed by atoms with Gasteiger partial charge in [-0.05, 0) is 37.1 Å². The Hall–Kier alpha value is -2.79. The lowest BCUT2D eigenvalue weighted by molar-refractivity contribution is -0.147. The fourth-order valence-corrected chi connectivity index (χ4v) is 3.30. The zero-order chi connectivity index (χ0) is 18.3. The number of para-hydroxylation sites is 2. The fraction of sp³-hybridized carbons (Fsp3) is 0.200. The summed E-state index contributed by atoms with van der Waals surface area (Å²) >= 11 is 6.17. The van der Waals surface area contributed by atoms with E-state index in [1.54, 1.807) is 30.3 Å². The van der Waals surface area contributed by atoms with Gasteiger partial charge in [0.2, 0.25) is 0 Å². The summed E-state index contributed by atoms with van der Waals surface area (Å²) in [6, 6.07) is 13.7. The van der Waals surface area contributed by atoms with Crippen molar-refractivity contribution in [3.05, 3.63) is 63.8 Å². The first-order valence-electron chi connectivity index (χ1n) is 8.24. The molecule has 0 saturated heterocycles. The number of hydrogen-bond donors (Lipinski definition) is 1. The molecule has 0 spiro atoms. The van der Waals surface area contributed by atoms with Crippen LogP contribution in [0.25, 0.3) is 22.3 Å². The SMILES string of the molecule is O=c1cc(-c2ccccc2O[C@H]2C[C@@H](C(=O)O)C2)oc2c(Cl)cccc12. The standard InChI is InChI=1S/C20H15ClO5/c21-15-6-3-5-13-16(22)10-18(26-19(13)15)14-4-1-2-7-17(14)25-12-8-11(9-12)20(23)24/h1-7,10-12H,8-9H2,(H,23,24)/t11-,12+. The van der Waals surface area contributed by atoms with Gasteiger partial charge in [0.1, 0.15) is 17.6 Å². The maximum atomic E-state index is 12.4. The number of ether oxygens (including phenoxy) is 1. The van der Waals surface area contributed by atoms with E-state index >= 15 is 0 Å². The first kappa shape index (κ1) is 16.7. The third kappa shape index (κ3) is 2.95. The summed E-state index contributed by atoms with van der Waals surface area (Å²) in [6.07, 6.45) is 0.780. The predicted molar refractivity (Wildman–Crippen MR) is 97.7 cm³/mol. The highest BCUT2D eigenvalue weighted by Gasteiger charge is 2.36. The van der Waals surface area contributed by atoms with Crippen LogP contribution in [0, 0.1) is 5.92 Å². The van der Waals surface area contributed by atoms with Gasteiger partial charge in [-0.2, -0.15) is 0 Å². The van der Waals surface area contributed by atoms with Gasteiger partial charge in [-0.25, -0.2) is 0 Å². The quantitative estimate of drug-likeness (QED) is 0.738. The van der Waals surface area contributed by atoms with Crippen LogP contribution in [0.4, 0.5) is 0 Å². The average Bonchev–Trinajstić information content (AvgIpc) is 2.58. The minimum absolute atomic E-state index is 0.159. The Morgan fingerprint density at radius 2 is 1.92 bits per heavy atom. The van der Waals surface area contributed by atoms with Gasteiger partial charge in [0.05, 0.1) is 21.9 Å². The van der Waals surface area contributed by atoms with Crippen molar-refractivity contribution in [1.29, 1.82) is 0 Å². The van der Waals surface area contributed by atoms with Crippen LogP contribution in [-0.2, 0) is 4.79 Å². The van der Waals surface area contributed by atoms with Gasteiger partial charge in [0, 0.05) is 6.07 Å². The third-order valence-corrected chi connectivity index (χ3v) is 4.89. The highest BCUT2D eigenvalue weighted by atomic mass is 35.5. The minimum Gasteiger partial charge on any atom is -0.490 e. The van der Waals surface area contributed by atoms with Crippen molar-refractivity contribution in [3.63, 3.8) is 0 Å². The topological polar surface area (TPSA) is 76.7 Å². The second-order valence-corrected chi connectivity index (χ2v) is 6.74. The Morgan fingerprint density at radius 1 is 1.15 bits per heavy atom. The van der Waals surface area contributed by atoms with E-state index in [2.05, 4.69) is 0 Å². The molecular weight excluding hydrogens is 356 g/mol. The highest BCUT2D eigenvalue weighted by Crippen LogP contribution is 2.37. The molecule has 1 saturated carbocycles. The number of carboxylic acid groups (broad SMARTS) is 1. The second kappa shape index (κ2) is 6.50. The van der Waals surface area contributed by atoms with Crippen LogP contribution in [-0.4, -0.2) is 17.2 Å². The Labute approximate surface area is 153 Å². The first-order chi connectivity index (χ1) is 12.5. The number of rotatable bonds is 4. The summed E-state index contributed by atoms with van der Waals surface area (Å²) in [4.78, 5) is 23.4. The van der Waals surface area contributed by atoms with Crippen LogP contribution < -0.4 is 10.2 Å². The smallest absolute Gasteiger partial charge is 0.306 e. The van der Waals surface area contributed by atoms with Gasteiger partial charge >= 0.3 is 5.97 Å². The molecule has 1 aliphatic rings. The van der Waals surface area contributed by atoms with E-state index in [4.69, 9.17) is 25.9 Å². The number of halogens is 1. The number of carboxylic acids is 1. The molecule has 5 nitrogen and oxygen atoms in total. The zero-order valence-corrected chi connectivity index (χ0v) is 14.4. The van der Waals surface area contributed by atoms with E-state index in [9.17, 15) is 9.59 Å². The van der Waals surface area contributed by atoms with Gasteiger partial charge in [-0.1, -0.05) is 29.8 Å². The lowest BCUT2D eigenvalue weighted by Gasteiger charge is -2.33. The van der Waals surface area contributed by atoms with Crippen molar-refractivity contribution in [2.45, 2.75) is 18.9 Å². The summed E-state index contributed by atoms with van der Waals surface area (Å²) in [7, 11) is 0. The summed E-state index contributed by atoms with van der Waals surface area (Å²) in [5.41, 5.74) is 0.777. The first-order valence-corrected chi connectivity index (χ1v) is 8.62. The van der Waals surface area contributed by atoms with E-state index in [1.807, 2.05) is 12.1 Å². The lowest BCUT2D eigenvalue weighted by atomic mass is 9.82. The molecule has 1 fully saturated rings. The molecule has 1 aromatic heterocycles. The molecule has 2 aromatic carbocycles. The van der Waals surface area contributed by atoms with Crippen LogP contribution in [0.5, 0.6) is 5.75 Å². The molecule has 0 unspecified atom stereocenters. The molecule has 0 atom stereocenters. The van der Waals surface area contributed by atoms with Crippen LogP contribution in [0.1, 0.15) is 12.8 Å². The molecule has 0 amide bonds. The summed E-state index contributed by atoms with van der Waals surface area (Å²) in [5.74, 6) is -0.242. The van der Waals surface area contributed by atoms with Crippen LogP contribution >= 0.6 is 11.6 Å². The molecule has 132 valence electrons. The maximum absolute atomic E-state index is 12.4. The third-order valence-electron chi connectivity index (χ3n) is 4.60. The Balaban J connectivity index is 1.71. The maximum Gasteiger partial charge on any atom is 0.306 e. The van der Waals surface area contributed by atoms with E-state index < -0.39 is 5.97 Å². The number of hydrogen-bond acceptors (Lipinski definition) is 4. The number of benzene rings is 2. The molecule has 26 heavy (non-hydrogen) atoms. The molecule has 1 aliphatic carbocycles. The predicted octanol–water partition coefficient (Wildman–Crippen LogP) is 4.36. The fourth-order valence-electron chi connectivity index (χ4n) is 3.09. The normalized spacial score (nSPS) is 19.1. The van der Waals surface area contributed by atoms with Crippen molar-refractivity contribution < 1.29 is 19.1 Å². The van der Waals surface area contributed by atoms with E-state index in [0.717, 1.165) is 0 Å². The van der Waals surface area contributed by atoms with Crippen LogP contribution in [0.15, 0.2) is 57.7 Å². The van der Waals surface area contributed by atoms with E-state index in [-0.39, 0.29) is 17.5 Å². The van der Waals surface area contributed by atoms with Crippen molar-refractivity contribution in [2.75, 3.05) is 0 Å². The monoisotopic (exact) mass is 370 g/mol. The van der Waals surface area contributed by atoms with E-state index in [0.29, 0.717) is 45.9 Å². The Bertz CT molecular complexity index is 1050. The van der Waals surface area contributed by atoms with Gasteiger partial charge in [0.25, 0.3) is 0 Å². The minimum atomic E-state index is -0.798. The molecule has 0 bridgehead atoms. The van der Waals surface area contributed by atoms with Gasteiger partial charge < -0.3 is 14.3 Å². The molecule has 0 radical (unpaired) electrons. The largest absolute Gasteiger partial charge is 0.490 e. The molecular formula is C20H15ClO5. The van der Waals surface area contributed by atoms with Gasteiger partial charge in [-0.3, -0.25) is 9.59 Å². The second-order valence-electron chi connectivity index (χ2n) is 6.33. The van der Waals surface area contributed by atoms with Crippen molar-refractivity contribution in [1.82, 2.24) is 0 Å². The number of aliphatic carboxylic acids is 1. The Morgan fingerprint density at radius 3 is 2.69 bits per heavy atom. The molecule has 4 rings (SSSR count). The molecule has 1 heterocycles. The van der Waals surface area contributed by atoms with Crippen molar-refractivity contribution in [2.24, 2.45) is 5.92 Å². The lowest BCUT2D eigenvalue weighted by Crippen LogP contribution is -2.38. The Kier molecular flexibility index (Phi) is 4.17. The number of carbonyl (C=O) groups is 1. The van der Waals surface area contributed by atoms with Crippen LogP contribution in [0.2, 0.25) is 5.02 Å². The van der Waals surface area contributed by atoms with Crippen LogP contribution in [0.3, 0.4) is 0 Å². The molecule has 0 aliphatic heterocycles. The van der Waals surface area contributed by atoms with E-state index in [1.165, 1.54) is 6.07 Å². The summed E-state index contributed by atoms with van der Waals surface area (Å²) in [6.45, 7) is 0. The molecule has 3 aromatic rings. The van der Waals surface area contributed by atoms with Gasteiger partial charge in [-0.15, -0.1) is 0 Å². The van der Waals surface area contributed by atoms with Crippen molar-refractivity contribution >= 4 is 28.5 Å². The number of fused-ring (bicyclic) bond motifs is 1. The van der Waals surface area contributed by atoms with Gasteiger partial charge in [0.15, 0.2) is 11.0 Å². The molecule has 1 N–H and O–H groups in total. The summed E-state index contributed by atoms with van der Waals surface area (Å²) < 4.78 is 11.8. The van der Waals surface area contributed by atoms with Crippen molar-refractivity contribution in [3.8, 4) is 17.1 Å². The zero-order valence-electron chi connectivity index (χ0n) is 13.6. The molecule has 6 heteroatoms. The summed E-state index contributed by atoms with van der Waals surface area (Å²) in [5, 5.41) is 9.77.